The second-order valence-corrected chi connectivity index (χ2v) is 3.88. The highest BCUT2D eigenvalue weighted by atomic mass is 16.5. The number of likely N-dealkylation sites (N-methyl/N-ethyl adjacent to an activating group) is 1. The van der Waals surface area contributed by atoms with Crippen LogP contribution in [-0.2, 0) is 17.8 Å². The van der Waals surface area contributed by atoms with Crippen molar-refractivity contribution < 1.29 is 9.15 Å². The van der Waals surface area contributed by atoms with Gasteiger partial charge >= 0.3 is 0 Å². The van der Waals surface area contributed by atoms with Gasteiger partial charge in [-0.3, -0.25) is 4.90 Å². The zero-order valence-electron chi connectivity index (χ0n) is 10.5. The van der Waals surface area contributed by atoms with Gasteiger partial charge in [0.2, 0.25) is 0 Å². The Morgan fingerprint density at radius 1 is 1.38 bits per heavy atom. The molecular weight excluding hydrogens is 204 g/mol. The molecule has 0 saturated heterocycles. The van der Waals surface area contributed by atoms with Crippen molar-refractivity contribution in [2.75, 3.05) is 33.9 Å². The number of nitrogens with one attached hydrogen (secondary N) is 1. The second kappa shape index (κ2) is 7.44. The standard InChI is InChI=1S/C12H22N2O2/c1-4-13-9-11-5-6-12(16-11)10-14(2)7-8-15-3/h5-6,13H,4,7-10H2,1-3H3. The largest absolute Gasteiger partial charge is 0.463 e. The Balaban J connectivity index is 2.33. The van der Waals surface area contributed by atoms with Crippen molar-refractivity contribution in [3.8, 4) is 0 Å². The van der Waals surface area contributed by atoms with Gasteiger partial charge in [0.1, 0.15) is 11.5 Å². The lowest BCUT2D eigenvalue weighted by molar-refractivity contribution is 0.154. The first-order chi connectivity index (χ1) is 7.76. The van der Waals surface area contributed by atoms with Crippen LogP contribution in [0.1, 0.15) is 18.4 Å². The molecule has 1 aromatic rings. The summed E-state index contributed by atoms with van der Waals surface area (Å²) in [7, 11) is 3.78. The molecule has 0 atom stereocenters. The van der Waals surface area contributed by atoms with Gasteiger partial charge in [0, 0.05) is 13.7 Å². The minimum Gasteiger partial charge on any atom is -0.463 e. The molecule has 92 valence electrons. The fourth-order valence-electron chi connectivity index (χ4n) is 1.44. The fourth-order valence-corrected chi connectivity index (χ4v) is 1.44. The highest BCUT2D eigenvalue weighted by molar-refractivity contribution is 5.06. The van der Waals surface area contributed by atoms with Crippen molar-refractivity contribution in [3.05, 3.63) is 23.7 Å². The molecule has 1 aromatic heterocycles. The third-order valence-corrected chi connectivity index (χ3v) is 2.37. The molecule has 16 heavy (non-hydrogen) atoms. The van der Waals surface area contributed by atoms with Crippen molar-refractivity contribution in [1.29, 1.82) is 0 Å². The third kappa shape index (κ3) is 4.79. The molecule has 4 nitrogen and oxygen atoms in total. The number of ether oxygens (including phenoxy) is 1. The van der Waals surface area contributed by atoms with Crippen LogP contribution in [0.2, 0.25) is 0 Å². The van der Waals surface area contributed by atoms with E-state index >= 15 is 0 Å². The number of hydrogen-bond donors (Lipinski definition) is 1. The summed E-state index contributed by atoms with van der Waals surface area (Å²) in [5, 5.41) is 3.24. The van der Waals surface area contributed by atoms with Crippen molar-refractivity contribution in [1.82, 2.24) is 10.2 Å². The lowest BCUT2D eigenvalue weighted by Gasteiger charge is -2.13. The van der Waals surface area contributed by atoms with Crippen molar-refractivity contribution in [2.45, 2.75) is 20.0 Å². The summed E-state index contributed by atoms with van der Waals surface area (Å²) >= 11 is 0. The summed E-state index contributed by atoms with van der Waals surface area (Å²) in [5.41, 5.74) is 0. The lowest BCUT2D eigenvalue weighted by Crippen LogP contribution is -2.22. The van der Waals surface area contributed by atoms with Gasteiger partial charge in [0.25, 0.3) is 0 Å². The molecule has 4 heteroatoms. The van der Waals surface area contributed by atoms with Gasteiger partial charge in [-0.2, -0.15) is 0 Å². The van der Waals surface area contributed by atoms with Crippen LogP contribution in [0, 0.1) is 0 Å². The van der Waals surface area contributed by atoms with E-state index in [2.05, 4.69) is 24.2 Å². The predicted octanol–water partition coefficient (Wildman–Crippen LogP) is 1.47. The van der Waals surface area contributed by atoms with E-state index in [1.807, 2.05) is 12.1 Å². The maximum absolute atomic E-state index is 5.69. The number of hydrogen-bond acceptors (Lipinski definition) is 4. The molecule has 0 unspecified atom stereocenters. The van der Waals surface area contributed by atoms with E-state index in [1.165, 1.54) is 0 Å². The molecule has 1 heterocycles. The van der Waals surface area contributed by atoms with Crippen LogP contribution in [0.25, 0.3) is 0 Å². The number of rotatable bonds is 8. The predicted molar refractivity (Wildman–Crippen MR) is 64.3 cm³/mol. The molecule has 0 spiro atoms. The Morgan fingerprint density at radius 2 is 2.12 bits per heavy atom. The maximum Gasteiger partial charge on any atom is 0.118 e. The van der Waals surface area contributed by atoms with Gasteiger partial charge in [0.15, 0.2) is 0 Å². The Labute approximate surface area is 97.6 Å². The van der Waals surface area contributed by atoms with Crippen LogP contribution >= 0.6 is 0 Å². The highest BCUT2D eigenvalue weighted by Gasteiger charge is 2.04. The molecule has 0 bridgehead atoms. The van der Waals surface area contributed by atoms with E-state index in [-0.39, 0.29) is 0 Å². The summed E-state index contributed by atoms with van der Waals surface area (Å²) < 4.78 is 10.7. The number of furan rings is 1. The zero-order valence-corrected chi connectivity index (χ0v) is 10.5. The minimum absolute atomic E-state index is 0.751. The Kier molecular flexibility index (Phi) is 6.15. The molecule has 0 radical (unpaired) electrons. The van der Waals surface area contributed by atoms with Gasteiger partial charge < -0.3 is 14.5 Å². The van der Waals surface area contributed by atoms with Gasteiger partial charge in [-0.25, -0.2) is 0 Å². The first-order valence-corrected chi connectivity index (χ1v) is 5.72. The van der Waals surface area contributed by atoms with Crippen LogP contribution in [-0.4, -0.2) is 38.8 Å². The van der Waals surface area contributed by atoms with Gasteiger partial charge in [-0.05, 0) is 25.7 Å². The number of nitrogens with zero attached hydrogens (tertiary/aromatic N) is 1. The summed E-state index contributed by atoms with van der Waals surface area (Å²) in [6, 6.07) is 4.07. The van der Waals surface area contributed by atoms with Crippen molar-refractivity contribution in [2.24, 2.45) is 0 Å². The zero-order chi connectivity index (χ0) is 11.8. The van der Waals surface area contributed by atoms with E-state index in [0.717, 1.165) is 44.3 Å². The third-order valence-electron chi connectivity index (χ3n) is 2.37. The fraction of sp³-hybridized carbons (Fsp3) is 0.667. The van der Waals surface area contributed by atoms with Crippen LogP contribution in [0.5, 0.6) is 0 Å². The summed E-state index contributed by atoms with van der Waals surface area (Å²) in [5.74, 6) is 2.00. The Morgan fingerprint density at radius 3 is 2.81 bits per heavy atom. The molecule has 0 amide bonds. The van der Waals surface area contributed by atoms with Crippen LogP contribution in [0.4, 0.5) is 0 Å². The quantitative estimate of drug-likeness (QED) is 0.728. The van der Waals surface area contributed by atoms with Crippen LogP contribution < -0.4 is 5.32 Å². The molecule has 1 rings (SSSR count). The molecule has 1 N–H and O–H groups in total. The Bertz CT molecular complexity index is 286. The molecule has 0 aliphatic carbocycles. The number of methoxy groups -OCH3 is 1. The van der Waals surface area contributed by atoms with E-state index in [9.17, 15) is 0 Å². The molecular formula is C12H22N2O2. The smallest absolute Gasteiger partial charge is 0.118 e. The Hall–Kier alpha value is -0.840. The van der Waals surface area contributed by atoms with E-state index in [0.29, 0.717) is 0 Å². The molecule has 0 aliphatic rings. The first kappa shape index (κ1) is 13.2. The lowest BCUT2D eigenvalue weighted by atomic mass is 10.4. The average molecular weight is 226 g/mol. The van der Waals surface area contributed by atoms with Crippen LogP contribution in [0.3, 0.4) is 0 Å². The first-order valence-electron chi connectivity index (χ1n) is 5.72. The van der Waals surface area contributed by atoms with Crippen LogP contribution in [0.15, 0.2) is 16.5 Å². The normalized spacial score (nSPS) is 11.2. The van der Waals surface area contributed by atoms with E-state index < -0.39 is 0 Å². The van der Waals surface area contributed by atoms with Gasteiger partial charge in [-0.1, -0.05) is 6.92 Å². The molecule has 0 aromatic carbocycles. The van der Waals surface area contributed by atoms with Gasteiger partial charge in [0.05, 0.1) is 19.7 Å². The highest BCUT2D eigenvalue weighted by Crippen LogP contribution is 2.09. The van der Waals surface area contributed by atoms with E-state index in [4.69, 9.17) is 9.15 Å². The van der Waals surface area contributed by atoms with Crippen molar-refractivity contribution in [3.63, 3.8) is 0 Å². The summed E-state index contributed by atoms with van der Waals surface area (Å²) in [6.45, 7) is 6.35. The monoisotopic (exact) mass is 226 g/mol. The summed E-state index contributed by atoms with van der Waals surface area (Å²) in [4.78, 5) is 2.18. The average Bonchev–Trinajstić information content (AvgIpc) is 2.71. The summed E-state index contributed by atoms with van der Waals surface area (Å²) in [6.07, 6.45) is 0. The molecule has 0 fully saturated rings. The maximum atomic E-state index is 5.69. The second-order valence-electron chi connectivity index (χ2n) is 3.88. The SMILES string of the molecule is CCNCc1ccc(CN(C)CCOC)o1. The van der Waals surface area contributed by atoms with E-state index in [1.54, 1.807) is 7.11 Å². The van der Waals surface area contributed by atoms with Crippen molar-refractivity contribution >= 4 is 0 Å². The topological polar surface area (TPSA) is 37.6 Å². The van der Waals surface area contributed by atoms with Gasteiger partial charge in [-0.15, -0.1) is 0 Å². The molecule has 0 aliphatic heterocycles. The minimum atomic E-state index is 0.751. The molecule has 0 saturated carbocycles.